The molecule has 152 valence electrons. The molecule has 1 atom stereocenters. The Hall–Kier alpha value is -2.09. The van der Waals surface area contributed by atoms with Crippen molar-refractivity contribution in [3.8, 4) is 0 Å². The normalized spacial score (nSPS) is 19.7. The van der Waals surface area contributed by atoms with Crippen molar-refractivity contribution in [2.75, 3.05) is 66.5 Å². The van der Waals surface area contributed by atoms with Gasteiger partial charge in [-0.15, -0.1) is 6.58 Å². The Balaban J connectivity index is 1.91. The van der Waals surface area contributed by atoms with Gasteiger partial charge in [0.2, 0.25) is 11.8 Å². The average molecular weight is 379 g/mol. The Morgan fingerprint density at radius 3 is 2.30 bits per heavy atom. The van der Waals surface area contributed by atoms with Crippen LogP contribution in [0.1, 0.15) is 19.8 Å². The summed E-state index contributed by atoms with van der Waals surface area (Å²) in [6, 6.07) is -0.0814. The van der Waals surface area contributed by atoms with Gasteiger partial charge in [0, 0.05) is 59.9 Å². The van der Waals surface area contributed by atoms with Crippen LogP contribution in [-0.4, -0.2) is 110 Å². The second-order valence-corrected chi connectivity index (χ2v) is 7.33. The van der Waals surface area contributed by atoms with Gasteiger partial charge in [-0.1, -0.05) is 6.08 Å². The number of amides is 2. The molecule has 2 aliphatic heterocycles. The summed E-state index contributed by atoms with van der Waals surface area (Å²) >= 11 is 0. The molecule has 0 radical (unpaired) electrons. The van der Waals surface area contributed by atoms with Crippen molar-refractivity contribution in [2.45, 2.75) is 25.8 Å². The van der Waals surface area contributed by atoms with Crippen LogP contribution in [0.3, 0.4) is 0 Å². The summed E-state index contributed by atoms with van der Waals surface area (Å²) in [6.45, 7) is 11.4. The third-order valence-electron chi connectivity index (χ3n) is 5.20. The van der Waals surface area contributed by atoms with Crippen LogP contribution < -0.4 is 5.32 Å². The SMILES string of the molecule is C=CCNC(=NCC(=O)N(C)C)N1CCN(C(C)C(=O)N2CCCC2)CC1. The van der Waals surface area contributed by atoms with Crippen molar-refractivity contribution in [1.29, 1.82) is 0 Å². The van der Waals surface area contributed by atoms with Crippen LogP contribution in [0.2, 0.25) is 0 Å². The van der Waals surface area contributed by atoms with Gasteiger partial charge in [0.25, 0.3) is 0 Å². The third kappa shape index (κ3) is 5.95. The predicted octanol–water partition coefficient (Wildman–Crippen LogP) is -0.165. The molecule has 0 aromatic rings. The number of carbonyl (C=O) groups is 2. The molecular formula is C19H34N6O2. The number of likely N-dealkylation sites (tertiary alicyclic amines) is 1. The van der Waals surface area contributed by atoms with Gasteiger partial charge in [-0.3, -0.25) is 14.5 Å². The van der Waals surface area contributed by atoms with Gasteiger partial charge in [0.15, 0.2) is 5.96 Å². The van der Waals surface area contributed by atoms with Crippen LogP contribution in [0.4, 0.5) is 0 Å². The van der Waals surface area contributed by atoms with E-state index in [0.717, 1.165) is 58.1 Å². The molecule has 1 N–H and O–H groups in total. The summed E-state index contributed by atoms with van der Waals surface area (Å²) in [4.78, 5) is 36.9. The molecule has 8 nitrogen and oxygen atoms in total. The highest BCUT2D eigenvalue weighted by molar-refractivity contribution is 5.85. The van der Waals surface area contributed by atoms with Gasteiger partial charge in [-0.25, -0.2) is 4.99 Å². The Bertz CT molecular complexity index is 548. The minimum Gasteiger partial charge on any atom is -0.353 e. The zero-order valence-corrected chi connectivity index (χ0v) is 17.0. The van der Waals surface area contributed by atoms with E-state index in [1.54, 1.807) is 20.2 Å². The summed E-state index contributed by atoms with van der Waals surface area (Å²) in [7, 11) is 3.46. The first-order valence-corrected chi connectivity index (χ1v) is 9.81. The molecule has 2 rings (SSSR count). The number of hydrogen-bond acceptors (Lipinski definition) is 4. The first kappa shape index (κ1) is 21.2. The molecule has 0 bridgehead atoms. The molecule has 2 amide bonds. The van der Waals surface area contributed by atoms with E-state index in [-0.39, 0.29) is 24.4 Å². The van der Waals surface area contributed by atoms with E-state index in [9.17, 15) is 9.59 Å². The summed E-state index contributed by atoms with van der Waals surface area (Å²) in [5, 5.41) is 3.24. The molecule has 1 unspecified atom stereocenters. The lowest BCUT2D eigenvalue weighted by molar-refractivity contribution is -0.135. The van der Waals surface area contributed by atoms with Crippen molar-refractivity contribution in [3.63, 3.8) is 0 Å². The lowest BCUT2D eigenvalue weighted by atomic mass is 10.2. The van der Waals surface area contributed by atoms with E-state index < -0.39 is 0 Å². The van der Waals surface area contributed by atoms with Crippen LogP contribution in [0.5, 0.6) is 0 Å². The van der Waals surface area contributed by atoms with Crippen molar-refractivity contribution >= 4 is 17.8 Å². The maximum Gasteiger partial charge on any atom is 0.243 e. The number of nitrogens with one attached hydrogen (secondary N) is 1. The molecule has 27 heavy (non-hydrogen) atoms. The molecular weight excluding hydrogens is 344 g/mol. The Morgan fingerprint density at radius 1 is 1.11 bits per heavy atom. The number of carbonyl (C=O) groups excluding carboxylic acids is 2. The highest BCUT2D eigenvalue weighted by Crippen LogP contribution is 2.14. The summed E-state index contributed by atoms with van der Waals surface area (Å²) < 4.78 is 0. The molecule has 2 saturated heterocycles. The molecule has 0 aromatic heterocycles. The third-order valence-corrected chi connectivity index (χ3v) is 5.20. The summed E-state index contributed by atoms with van der Waals surface area (Å²) in [5.74, 6) is 0.941. The first-order valence-electron chi connectivity index (χ1n) is 9.81. The molecule has 2 fully saturated rings. The highest BCUT2D eigenvalue weighted by Gasteiger charge is 2.30. The Kier molecular flexibility index (Phi) is 8.09. The van der Waals surface area contributed by atoms with Crippen molar-refractivity contribution in [3.05, 3.63) is 12.7 Å². The number of rotatable bonds is 6. The fourth-order valence-electron chi connectivity index (χ4n) is 3.39. The van der Waals surface area contributed by atoms with Crippen LogP contribution in [0.15, 0.2) is 17.6 Å². The Morgan fingerprint density at radius 2 is 1.74 bits per heavy atom. The van der Waals surface area contributed by atoms with Gasteiger partial charge in [-0.05, 0) is 19.8 Å². The second kappa shape index (κ2) is 10.3. The molecule has 0 aromatic carbocycles. The molecule has 0 spiro atoms. The number of guanidine groups is 1. The van der Waals surface area contributed by atoms with Crippen LogP contribution in [0, 0.1) is 0 Å². The number of nitrogens with zero attached hydrogens (tertiary/aromatic N) is 5. The number of hydrogen-bond donors (Lipinski definition) is 1. The fraction of sp³-hybridized carbons (Fsp3) is 0.737. The zero-order chi connectivity index (χ0) is 19.8. The van der Waals surface area contributed by atoms with E-state index in [1.165, 1.54) is 4.90 Å². The minimum absolute atomic E-state index is 0.0311. The smallest absolute Gasteiger partial charge is 0.243 e. The quantitative estimate of drug-likeness (QED) is 0.395. The van der Waals surface area contributed by atoms with Gasteiger partial charge in [0.05, 0.1) is 6.04 Å². The predicted molar refractivity (Wildman–Crippen MR) is 108 cm³/mol. The van der Waals surface area contributed by atoms with Crippen molar-refractivity contribution in [1.82, 2.24) is 24.9 Å². The number of likely N-dealkylation sites (N-methyl/N-ethyl adjacent to an activating group) is 1. The fourth-order valence-corrected chi connectivity index (χ4v) is 3.39. The summed E-state index contributed by atoms with van der Waals surface area (Å²) in [5.41, 5.74) is 0. The molecule has 8 heteroatoms. The monoisotopic (exact) mass is 378 g/mol. The van der Waals surface area contributed by atoms with E-state index >= 15 is 0 Å². The molecule has 2 aliphatic rings. The number of aliphatic imine (C=N–C) groups is 1. The van der Waals surface area contributed by atoms with E-state index in [0.29, 0.717) is 6.54 Å². The van der Waals surface area contributed by atoms with Gasteiger partial charge in [-0.2, -0.15) is 0 Å². The van der Waals surface area contributed by atoms with Crippen molar-refractivity contribution < 1.29 is 9.59 Å². The first-order chi connectivity index (χ1) is 12.9. The van der Waals surface area contributed by atoms with E-state index in [4.69, 9.17) is 0 Å². The topological polar surface area (TPSA) is 71.5 Å². The maximum atomic E-state index is 12.6. The van der Waals surface area contributed by atoms with Crippen LogP contribution in [-0.2, 0) is 9.59 Å². The lowest BCUT2D eigenvalue weighted by Crippen LogP contribution is -2.57. The lowest BCUT2D eigenvalue weighted by Gasteiger charge is -2.39. The highest BCUT2D eigenvalue weighted by atomic mass is 16.2. The zero-order valence-electron chi connectivity index (χ0n) is 17.0. The summed E-state index contributed by atoms with van der Waals surface area (Å²) in [6.07, 6.45) is 4.01. The van der Waals surface area contributed by atoms with Crippen LogP contribution >= 0.6 is 0 Å². The van der Waals surface area contributed by atoms with E-state index in [1.807, 2.05) is 11.8 Å². The molecule has 2 heterocycles. The van der Waals surface area contributed by atoms with E-state index in [2.05, 4.69) is 26.7 Å². The molecule has 0 aliphatic carbocycles. The Labute approximate surface area is 162 Å². The van der Waals surface area contributed by atoms with Gasteiger partial charge in [0.1, 0.15) is 6.54 Å². The van der Waals surface area contributed by atoms with Crippen molar-refractivity contribution in [2.24, 2.45) is 4.99 Å². The molecule has 0 saturated carbocycles. The van der Waals surface area contributed by atoms with Gasteiger partial charge < -0.3 is 20.0 Å². The second-order valence-electron chi connectivity index (χ2n) is 7.33. The minimum atomic E-state index is -0.0814. The van der Waals surface area contributed by atoms with Crippen LogP contribution in [0.25, 0.3) is 0 Å². The van der Waals surface area contributed by atoms with Gasteiger partial charge >= 0.3 is 0 Å². The largest absolute Gasteiger partial charge is 0.353 e. The average Bonchev–Trinajstić information content (AvgIpc) is 3.21. The number of piperazine rings is 1. The standard InChI is InChI=1S/C19H34N6O2/c1-5-8-20-19(21-15-17(26)22(3)4)25-13-11-23(12-14-25)16(2)18(27)24-9-6-7-10-24/h5,16H,1,6-15H2,2-4H3,(H,20,21). The maximum absolute atomic E-state index is 12.6.